The average molecular weight is 465 g/mol. The zero-order valence-corrected chi connectivity index (χ0v) is 18.3. The molecule has 3 rings (SSSR count). The molecular weight excluding hydrogens is 440 g/mol. The van der Waals surface area contributed by atoms with Crippen LogP contribution in [0.2, 0.25) is 0 Å². The van der Waals surface area contributed by atoms with E-state index in [1.165, 1.54) is 0 Å². The Hall–Kier alpha value is -1.70. The predicted octanol–water partition coefficient (Wildman–Crippen LogP) is 4.04. The number of halogens is 1. The highest BCUT2D eigenvalue weighted by Crippen LogP contribution is 2.21. The average Bonchev–Trinajstić information content (AvgIpc) is 3.23. The Kier molecular flexibility index (Phi) is 6.91. The van der Waals surface area contributed by atoms with Gasteiger partial charge in [-0.05, 0) is 61.6 Å². The third kappa shape index (κ3) is 5.21. The maximum Gasteiger partial charge on any atom is 0.243 e. The van der Waals surface area contributed by atoms with Gasteiger partial charge in [0.15, 0.2) is 0 Å². The number of amides is 1. The lowest BCUT2D eigenvalue weighted by atomic mass is 10.1. The number of carbonyl (C=O) groups excluding carboxylic acids is 1. The zero-order chi connectivity index (χ0) is 20.1. The largest absolute Gasteiger partial charge is 0.350 e. The summed E-state index contributed by atoms with van der Waals surface area (Å²) in [4.78, 5) is 12.6. The molecule has 2 aromatic carbocycles. The highest BCUT2D eigenvalue weighted by molar-refractivity contribution is 9.10. The van der Waals surface area contributed by atoms with Gasteiger partial charge in [-0.1, -0.05) is 40.2 Å². The lowest BCUT2D eigenvalue weighted by molar-refractivity contribution is -0.121. The third-order valence-electron chi connectivity index (χ3n) is 5.01. The van der Waals surface area contributed by atoms with E-state index in [9.17, 15) is 13.2 Å². The monoisotopic (exact) mass is 464 g/mol. The summed E-state index contributed by atoms with van der Waals surface area (Å²) < 4.78 is 27.6. The van der Waals surface area contributed by atoms with Crippen LogP contribution < -0.4 is 5.32 Å². The van der Waals surface area contributed by atoms with Gasteiger partial charge >= 0.3 is 0 Å². The van der Waals surface area contributed by atoms with Crippen molar-refractivity contribution in [1.82, 2.24) is 9.62 Å². The Morgan fingerprint density at radius 3 is 2.29 bits per heavy atom. The fourth-order valence-corrected chi connectivity index (χ4v) is 5.09. The van der Waals surface area contributed by atoms with Crippen LogP contribution in [0, 0.1) is 0 Å². The molecule has 0 unspecified atom stereocenters. The summed E-state index contributed by atoms with van der Waals surface area (Å²) in [7, 11) is -3.39. The molecule has 0 aromatic heterocycles. The molecule has 1 atom stereocenters. The summed E-state index contributed by atoms with van der Waals surface area (Å²) in [6, 6.07) is 14.7. The lowest BCUT2D eigenvalue weighted by Gasteiger charge is -2.16. The minimum absolute atomic E-state index is 0.0239. The van der Waals surface area contributed by atoms with Crippen LogP contribution in [0.1, 0.15) is 43.4 Å². The molecular formula is C21H25BrN2O3S. The first-order valence-corrected chi connectivity index (χ1v) is 11.7. The highest BCUT2D eigenvalue weighted by atomic mass is 79.9. The number of hydrogen-bond donors (Lipinski definition) is 1. The van der Waals surface area contributed by atoms with Gasteiger partial charge in [-0.2, -0.15) is 4.31 Å². The summed E-state index contributed by atoms with van der Waals surface area (Å²) in [5.41, 5.74) is 2.00. The fourth-order valence-electron chi connectivity index (χ4n) is 3.31. The van der Waals surface area contributed by atoms with Gasteiger partial charge < -0.3 is 5.32 Å². The number of nitrogens with one attached hydrogen (secondary N) is 1. The summed E-state index contributed by atoms with van der Waals surface area (Å²) in [5.74, 6) is -0.0239. The Morgan fingerprint density at radius 2 is 1.68 bits per heavy atom. The van der Waals surface area contributed by atoms with Crippen molar-refractivity contribution in [1.29, 1.82) is 0 Å². The van der Waals surface area contributed by atoms with Crippen LogP contribution in [0.25, 0.3) is 0 Å². The molecule has 1 aliphatic rings. The van der Waals surface area contributed by atoms with E-state index in [0.717, 1.165) is 28.4 Å². The first kappa shape index (κ1) is 21.0. The van der Waals surface area contributed by atoms with Crippen molar-refractivity contribution >= 4 is 31.9 Å². The molecule has 150 valence electrons. The quantitative estimate of drug-likeness (QED) is 0.671. The zero-order valence-electron chi connectivity index (χ0n) is 15.9. The van der Waals surface area contributed by atoms with E-state index >= 15 is 0 Å². The number of hydrogen-bond acceptors (Lipinski definition) is 3. The van der Waals surface area contributed by atoms with Crippen LogP contribution in [0.5, 0.6) is 0 Å². The Balaban J connectivity index is 1.53. The summed E-state index contributed by atoms with van der Waals surface area (Å²) >= 11 is 3.40. The molecule has 0 bridgehead atoms. The molecule has 1 amide bonds. The van der Waals surface area contributed by atoms with E-state index in [0.29, 0.717) is 30.8 Å². The number of sulfonamides is 1. The first-order chi connectivity index (χ1) is 13.4. The minimum atomic E-state index is -3.39. The van der Waals surface area contributed by atoms with E-state index in [-0.39, 0.29) is 11.9 Å². The molecule has 0 spiro atoms. The molecule has 5 nitrogen and oxygen atoms in total. The molecule has 0 radical (unpaired) electrons. The molecule has 0 saturated carbocycles. The Bertz CT molecular complexity index is 906. The second-order valence-electron chi connectivity index (χ2n) is 7.10. The standard InChI is InChI=1S/C21H25BrN2O3S/c1-16(18-7-9-19(22)10-8-18)23-21(25)13-6-17-4-11-20(12-5-17)28(26,27)24-14-2-3-15-24/h4-5,7-12,16H,2-3,6,13-15H2,1H3,(H,23,25)/t16-/m0/s1. The number of aryl methyl sites for hydroxylation is 1. The van der Waals surface area contributed by atoms with Crippen molar-refractivity contribution in [3.8, 4) is 0 Å². The van der Waals surface area contributed by atoms with Crippen molar-refractivity contribution in [2.24, 2.45) is 0 Å². The van der Waals surface area contributed by atoms with Crippen molar-refractivity contribution in [3.05, 3.63) is 64.1 Å². The van der Waals surface area contributed by atoms with Gasteiger partial charge in [-0.15, -0.1) is 0 Å². The van der Waals surface area contributed by atoms with E-state index in [4.69, 9.17) is 0 Å². The molecule has 7 heteroatoms. The van der Waals surface area contributed by atoms with Crippen LogP contribution in [-0.4, -0.2) is 31.7 Å². The normalized spacial score (nSPS) is 16.1. The van der Waals surface area contributed by atoms with Gasteiger partial charge in [-0.3, -0.25) is 4.79 Å². The summed E-state index contributed by atoms with van der Waals surface area (Å²) in [5, 5.41) is 3.00. The number of benzene rings is 2. The first-order valence-electron chi connectivity index (χ1n) is 9.50. The van der Waals surface area contributed by atoms with Crippen molar-refractivity contribution in [2.75, 3.05) is 13.1 Å². The molecule has 0 aliphatic carbocycles. The van der Waals surface area contributed by atoms with Crippen molar-refractivity contribution < 1.29 is 13.2 Å². The number of rotatable bonds is 7. The van der Waals surface area contributed by atoms with Crippen LogP contribution in [0.3, 0.4) is 0 Å². The van der Waals surface area contributed by atoms with E-state index in [1.807, 2.05) is 31.2 Å². The predicted molar refractivity (Wildman–Crippen MR) is 113 cm³/mol. The molecule has 1 aliphatic heterocycles. The minimum Gasteiger partial charge on any atom is -0.350 e. The van der Waals surface area contributed by atoms with Crippen molar-refractivity contribution in [3.63, 3.8) is 0 Å². The van der Waals surface area contributed by atoms with Crippen LogP contribution in [0.4, 0.5) is 0 Å². The number of nitrogens with zero attached hydrogens (tertiary/aromatic N) is 1. The van der Waals surface area contributed by atoms with E-state index in [2.05, 4.69) is 21.2 Å². The van der Waals surface area contributed by atoms with Crippen LogP contribution in [-0.2, 0) is 21.2 Å². The Morgan fingerprint density at radius 1 is 1.07 bits per heavy atom. The maximum absolute atomic E-state index is 12.5. The van der Waals surface area contributed by atoms with Gasteiger partial charge in [0.05, 0.1) is 10.9 Å². The molecule has 2 aromatic rings. The molecule has 1 N–H and O–H groups in total. The Labute approximate surface area is 175 Å². The maximum atomic E-state index is 12.5. The topological polar surface area (TPSA) is 66.5 Å². The SMILES string of the molecule is C[C@H](NC(=O)CCc1ccc(S(=O)(=O)N2CCCC2)cc1)c1ccc(Br)cc1. The van der Waals surface area contributed by atoms with Gasteiger partial charge in [-0.25, -0.2) is 8.42 Å². The molecule has 1 fully saturated rings. The van der Waals surface area contributed by atoms with E-state index in [1.54, 1.807) is 28.6 Å². The molecule has 1 saturated heterocycles. The van der Waals surface area contributed by atoms with Crippen LogP contribution in [0.15, 0.2) is 57.9 Å². The van der Waals surface area contributed by atoms with Gasteiger partial charge in [0.1, 0.15) is 0 Å². The fraction of sp³-hybridized carbons (Fsp3) is 0.381. The summed E-state index contributed by atoms with van der Waals surface area (Å²) in [6.45, 7) is 3.15. The van der Waals surface area contributed by atoms with Crippen LogP contribution >= 0.6 is 15.9 Å². The second kappa shape index (κ2) is 9.20. The smallest absolute Gasteiger partial charge is 0.243 e. The van der Waals surface area contributed by atoms with Crippen molar-refractivity contribution in [2.45, 2.75) is 43.5 Å². The molecule has 28 heavy (non-hydrogen) atoms. The highest BCUT2D eigenvalue weighted by Gasteiger charge is 2.26. The number of carbonyl (C=O) groups is 1. The van der Waals surface area contributed by atoms with Gasteiger partial charge in [0.25, 0.3) is 0 Å². The van der Waals surface area contributed by atoms with E-state index < -0.39 is 10.0 Å². The van der Waals surface area contributed by atoms with Gasteiger partial charge in [0, 0.05) is 24.0 Å². The third-order valence-corrected chi connectivity index (χ3v) is 7.46. The molecule has 1 heterocycles. The second-order valence-corrected chi connectivity index (χ2v) is 9.95. The van der Waals surface area contributed by atoms with Gasteiger partial charge in [0.2, 0.25) is 15.9 Å². The summed E-state index contributed by atoms with van der Waals surface area (Å²) in [6.07, 6.45) is 2.78. The lowest BCUT2D eigenvalue weighted by Crippen LogP contribution is -2.27.